The van der Waals surface area contributed by atoms with E-state index in [1.54, 1.807) is 0 Å². The van der Waals surface area contributed by atoms with Crippen molar-refractivity contribution in [3.63, 3.8) is 0 Å². The van der Waals surface area contributed by atoms with Gasteiger partial charge in [-0.15, -0.1) is 0 Å². The number of piperazine rings is 1. The quantitative estimate of drug-likeness (QED) is 0.579. The van der Waals surface area contributed by atoms with Crippen LogP contribution in [-0.4, -0.2) is 37.8 Å². The van der Waals surface area contributed by atoms with E-state index < -0.39 is 38.4 Å². The fourth-order valence-electron chi connectivity index (χ4n) is 2.00. The summed E-state index contributed by atoms with van der Waals surface area (Å²) in [6.45, 7) is 1.62. The zero-order valence-electron chi connectivity index (χ0n) is 10.9. The first kappa shape index (κ1) is 16.5. The van der Waals surface area contributed by atoms with E-state index in [1.807, 2.05) is 0 Å². The Kier molecular flexibility index (Phi) is 4.48. The lowest BCUT2D eigenvalue weighted by Gasteiger charge is -2.32. The van der Waals surface area contributed by atoms with Crippen LogP contribution in [0.1, 0.15) is 6.92 Å². The van der Waals surface area contributed by atoms with Gasteiger partial charge in [-0.1, -0.05) is 11.6 Å². The molecule has 116 valence electrons. The number of hydrogen-bond acceptors (Lipinski definition) is 4. The van der Waals surface area contributed by atoms with Crippen LogP contribution >= 0.6 is 27.5 Å². The number of halogens is 3. The molecule has 1 amide bonds. The van der Waals surface area contributed by atoms with Gasteiger partial charge in [-0.25, -0.2) is 12.8 Å². The van der Waals surface area contributed by atoms with Gasteiger partial charge in [0.05, 0.1) is 15.2 Å². The third kappa shape index (κ3) is 2.75. The molecule has 1 atom stereocenters. The first-order valence-electron chi connectivity index (χ1n) is 5.90. The SMILES string of the molecule is CC1C(=O)NCCN1S(=O)(=O)c1cc(Cl)c(Br)c(N)c1F. The average molecular weight is 401 g/mol. The van der Waals surface area contributed by atoms with Crippen LogP contribution in [0.25, 0.3) is 0 Å². The molecule has 10 heteroatoms. The Hall–Kier alpha value is -0.900. The summed E-state index contributed by atoms with van der Waals surface area (Å²) in [6, 6.07) is 0.0399. The Morgan fingerprint density at radius 2 is 2.19 bits per heavy atom. The zero-order chi connectivity index (χ0) is 15.9. The summed E-state index contributed by atoms with van der Waals surface area (Å²) in [5.41, 5.74) is 5.11. The molecule has 0 spiro atoms. The molecule has 1 aromatic carbocycles. The highest BCUT2D eigenvalue weighted by molar-refractivity contribution is 9.10. The van der Waals surface area contributed by atoms with Crippen LogP contribution in [0.3, 0.4) is 0 Å². The van der Waals surface area contributed by atoms with Gasteiger partial charge in [0.25, 0.3) is 0 Å². The maximum Gasteiger partial charge on any atom is 0.246 e. The van der Waals surface area contributed by atoms with Crippen LogP contribution in [0.5, 0.6) is 0 Å². The van der Waals surface area contributed by atoms with E-state index in [1.165, 1.54) is 6.92 Å². The third-order valence-electron chi connectivity index (χ3n) is 3.19. The molecule has 0 aromatic heterocycles. The second kappa shape index (κ2) is 5.71. The van der Waals surface area contributed by atoms with Crippen molar-refractivity contribution in [2.24, 2.45) is 0 Å². The molecule has 1 heterocycles. The van der Waals surface area contributed by atoms with Crippen LogP contribution in [-0.2, 0) is 14.8 Å². The van der Waals surface area contributed by atoms with Gasteiger partial charge < -0.3 is 11.1 Å². The number of rotatable bonds is 2. The third-order valence-corrected chi connectivity index (χ3v) is 6.54. The second-order valence-corrected chi connectivity index (χ2v) is 7.54. The molecule has 0 aliphatic carbocycles. The number of carbonyl (C=O) groups is 1. The molecule has 0 saturated carbocycles. The Labute approximate surface area is 134 Å². The lowest BCUT2D eigenvalue weighted by Crippen LogP contribution is -2.55. The largest absolute Gasteiger partial charge is 0.395 e. The van der Waals surface area contributed by atoms with E-state index in [-0.39, 0.29) is 22.6 Å². The predicted molar refractivity (Wildman–Crippen MR) is 79.9 cm³/mol. The van der Waals surface area contributed by atoms with Crippen LogP contribution in [0.4, 0.5) is 10.1 Å². The number of sulfonamides is 1. The molecule has 0 radical (unpaired) electrons. The number of nitrogens with one attached hydrogen (secondary N) is 1. The van der Waals surface area contributed by atoms with Gasteiger partial charge in [-0.3, -0.25) is 4.79 Å². The Morgan fingerprint density at radius 3 is 2.81 bits per heavy atom. The van der Waals surface area contributed by atoms with E-state index in [9.17, 15) is 17.6 Å². The van der Waals surface area contributed by atoms with Gasteiger partial charge in [0.2, 0.25) is 15.9 Å². The summed E-state index contributed by atoms with van der Waals surface area (Å²) in [7, 11) is -4.22. The van der Waals surface area contributed by atoms with E-state index >= 15 is 0 Å². The number of anilines is 1. The summed E-state index contributed by atoms with van der Waals surface area (Å²) in [5, 5.41) is 2.51. The Bertz CT molecular complexity index is 713. The van der Waals surface area contributed by atoms with Crippen molar-refractivity contribution >= 4 is 49.1 Å². The molecular formula is C11H12BrClFN3O3S. The number of nitrogen functional groups attached to an aromatic ring is 1. The maximum atomic E-state index is 14.2. The number of benzene rings is 1. The molecule has 3 N–H and O–H groups in total. The molecular weight excluding hydrogens is 389 g/mol. The summed E-state index contributed by atoms with van der Waals surface area (Å²) < 4.78 is 40.3. The van der Waals surface area contributed by atoms with Gasteiger partial charge in [-0.05, 0) is 28.9 Å². The highest BCUT2D eigenvalue weighted by Crippen LogP contribution is 2.36. The molecule has 2 rings (SSSR count). The number of amides is 1. The highest BCUT2D eigenvalue weighted by atomic mass is 79.9. The summed E-state index contributed by atoms with van der Waals surface area (Å²) in [6.07, 6.45) is 0. The summed E-state index contributed by atoms with van der Waals surface area (Å²) in [4.78, 5) is 10.9. The topological polar surface area (TPSA) is 92.5 Å². The average Bonchev–Trinajstić information content (AvgIpc) is 2.43. The van der Waals surface area contributed by atoms with Crippen LogP contribution in [0.2, 0.25) is 5.02 Å². The van der Waals surface area contributed by atoms with Gasteiger partial charge in [0.1, 0.15) is 10.9 Å². The number of nitrogens with two attached hydrogens (primary N) is 1. The highest BCUT2D eigenvalue weighted by Gasteiger charge is 2.37. The molecule has 1 aromatic rings. The van der Waals surface area contributed by atoms with Crippen molar-refractivity contribution < 1.29 is 17.6 Å². The standard InChI is InChI=1S/C11H12BrClFN3O3S/c1-5-11(18)16-2-3-17(5)21(19,20)7-4-6(13)8(12)10(15)9(7)14/h4-5H,2-3,15H2,1H3,(H,16,18). The Balaban J connectivity index is 2.57. The summed E-state index contributed by atoms with van der Waals surface area (Å²) >= 11 is 8.82. The minimum absolute atomic E-state index is 0.0263. The maximum absolute atomic E-state index is 14.2. The van der Waals surface area contributed by atoms with E-state index in [4.69, 9.17) is 17.3 Å². The lowest BCUT2D eigenvalue weighted by molar-refractivity contribution is -0.126. The van der Waals surface area contributed by atoms with E-state index in [0.717, 1.165) is 10.4 Å². The van der Waals surface area contributed by atoms with Crippen LogP contribution in [0.15, 0.2) is 15.4 Å². The van der Waals surface area contributed by atoms with Gasteiger partial charge >= 0.3 is 0 Å². The molecule has 1 saturated heterocycles. The molecule has 21 heavy (non-hydrogen) atoms. The number of hydrogen-bond donors (Lipinski definition) is 2. The van der Waals surface area contributed by atoms with E-state index in [2.05, 4.69) is 21.2 Å². The van der Waals surface area contributed by atoms with Crippen LogP contribution in [0, 0.1) is 5.82 Å². The lowest BCUT2D eigenvalue weighted by atomic mass is 10.2. The van der Waals surface area contributed by atoms with Gasteiger partial charge in [0.15, 0.2) is 5.82 Å². The van der Waals surface area contributed by atoms with Crippen molar-refractivity contribution in [2.75, 3.05) is 18.8 Å². The van der Waals surface area contributed by atoms with Crippen molar-refractivity contribution in [3.05, 3.63) is 21.4 Å². The molecule has 1 unspecified atom stereocenters. The van der Waals surface area contributed by atoms with Gasteiger partial charge in [-0.2, -0.15) is 4.31 Å². The second-order valence-electron chi connectivity index (χ2n) is 4.48. The minimum Gasteiger partial charge on any atom is -0.395 e. The van der Waals surface area contributed by atoms with Crippen LogP contribution < -0.4 is 11.1 Å². The fourth-order valence-corrected chi connectivity index (χ4v) is 4.27. The molecule has 1 fully saturated rings. The number of nitrogens with zero attached hydrogens (tertiary/aromatic N) is 1. The molecule has 6 nitrogen and oxygen atoms in total. The summed E-state index contributed by atoms with van der Waals surface area (Å²) in [5.74, 6) is -1.54. The molecule has 0 bridgehead atoms. The molecule has 1 aliphatic rings. The minimum atomic E-state index is -4.22. The fraction of sp³-hybridized carbons (Fsp3) is 0.364. The molecule has 1 aliphatic heterocycles. The van der Waals surface area contributed by atoms with E-state index in [0.29, 0.717) is 0 Å². The number of carbonyl (C=O) groups excluding carboxylic acids is 1. The van der Waals surface area contributed by atoms with Crippen molar-refractivity contribution in [1.82, 2.24) is 9.62 Å². The monoisotopic (exact) mass is 399 g/mol. The normalized spacial score (nSPS) is 20.4. The smallest absolute Gasteiger partial charge is 0.246 e. The van der Waals surface area contributed by atoms with Gasteiger partial charge in [0, 0.05) is 13.1 Å². The van der Waals surface area contributed by atoms with Crippen molar-refractivity contribution in [2.45, 2.75) is 17.9 Å². The first-order valence-corrected chi connectivity index (χ1v) is 8.51. The van der Waals surface area contributed by atoms with Crippen molar-refractivity contribution in [1.29, 1.82) is 0 Å². The van der Waals surface area contributed by atoms with Crippen molar-refractivity contribution in [3.8, 4) is 0 Å². The predicted octanol–water partition coefficient (Wildman–Crippen LogP) is 1.33. The zero-order valence-corrected chi connectivity index (χ0v) is 14.0. The first-order chi connectivity index (χ1) is 9.67. The Morgan fingerprint density at radius 1 is 1.57 bits per heavy atom.